The molecule has 0 fully saturated rings. The van der Waals surface area contributed by atoms with E-state index in [2.05, 4.69) is 9.97 Å². The fourth-order valence-electron chi connectivity index (χ4n) is 1.61. The Bertz CT molecular complexity index is 585. The van der Waals surface area contributed by atoms with E-state index < -0.39 is 0 Å². The van der Waals surface area contributed by atoms with E-state index in [-0.39, 0.29) is 0 Å². The molecule has 0 N–H and O–H groups in total. The molecular formula is C14H13ClN2O2. The SMILES string of the molecule is COc1ccc(C=Cc2ccncn2)c(Cl)c1OC. The largest absolute Gasteiger partial charge is 0.493 e. The van der Waals surface area contributed by atoms with Crippen LogP contribution in [-0.4, -0.2) is 24.2 Å². The molecule has 0 saturated carbocycles. The Balaban J connectivity index is 2.34. The number of hydrogen-bond donors (Lipinski definition) is 0. The maximum absolute atomic E-state index is 6.27. The van der Waals surface area contributed by atoms with Crippen LogP contribution in [0.4, 0.5) is 0 Å². The van der Waals surface area contributed by atoms with Gasteiger partial charge in [-0.25, -0.2) is 9.97 Å². The summed E-state index contributed by atoms with van der Waals surface area (Å²) >= 11 is 6.27. The molecule has 0 aliphatic rings. The third-order valence-corrected chi connectivity index (χ3v) is 2.94. The van der Waals surface area contributed by atoms with Crippen LogP contribution in [-0.2, 0) is 0 Å². The van der Waals surface area contributed by atoms with Crippen molar-refractivity contribution < 1.29 is 9.47 Å². The first-order chi connectivity index (χ1) is 9.26. The van der Waals surface area contributed by atoms with E-state index in [4.69, 9.17) is 21.1 Å². The number of methoxy groups -OCH3 is 2. The normalized spacial score (nSPS) is 10.7. The van der Waals surface area contributed by atoms with Gasteiger partial charge in [-0.3, -0.25) is 0 Å². The fraction of sp³-hybridized carbons (Fsp3) is 0.143. The highest BCUT2D eigenvalue weighted by molar-refractivity contribution is 6.34. The maximum atomic E-state index is 6.27. The highest BCUT2D eigenvalue weighted by Crippen LogP contribution is 2.37. The zero-order valence-corrected chi connectivity index (χ0v) is 11.4. The maximum Gasteiger partial charge on any atom is 0.179 e. The lowest BCUT2D eigenvalue weighted by molar-refractivity contribution is 0.355. The van der Waals surface area contributed by atoms with E-state index in [0.717, 1.165) is 11.3 Å². The minimum atomic E-state index is 0.507. The molecule has 5 heteroatoms. The lowest BCUT2D eigenvalue weighted by atomic mass is 10.1. The second-order valence-corrected chi connectivity index (χ2v) is 4.05. The van der Waals surface area contributed by atoms with Crippen LogP contribution in [0.1, 0.15) is 11.3 Å². The van der Waals surface area contributed by atoms with Gasteiger partial charge in [-0.15, -0.1) is 0 Å². The second kappa shape index (κ2) is 6.20. The van der Waals surface area contributed by atoms with Crippen LogP contribution in [0.5, 0.6) is 11.5 Å². The Kier molecular flexibility index (Phi) is 4.36. The molecule has 0 amide bonds. The molecule has 0 aliphatic heterocycles. The van der Waals surface area contributed by atoms with Gasteiger partial charge >= 0.3 is 0 Å². The van der Waals surface area contributed by atoms with Crippen molar-refractivity contribution in [1.82, 2.24) is 9.97 Å². The average Bonchev–Trinajstić information content (AvgIpc) is 2.46. The zero-order valence-electron chi connectivity index (χ0n) is 10.6. The van der Waals surface area contributed by atoms with E-state index in [1.54, 1.807) is 20.4 Å². The van der Waals surface area contributed by atoms with Crippen LogP contribution in [0.2, 0.25) is 5.02 Å². The number of ether oxygens (including phenoxy) is 2. The minimum absolute atomic E-state index is 0.507. The molecule has 2 aromatic rings. The van der Waals surface area contributed by atoms with E-state index in [1.165, 1.54) is 6.33 Å². The van der Waals surface area contributed by atoms with Crippen LogP contribution in [0.25, 0.3) is 12.2 Å². The molecular weight excluding hydrogens is 264 g/mol. The highest BCUT2D eigenvalue weighted by Gasteiger charge is 2.11. The molecule has 1 aromatic carbocycles. The topological polar surface area (TPSA) is 44.2 Å². The Morgan fingerprint density at radius 1 is 1.11 bits per heavy atom. The van der Waals surface area contributed by atoms with Crippen LogP contribution < -0.4 is 9.47 Å². The lowest BCUT2D eigenvalue weighted by Gasteiger charge is -2.10. The van der Waals surface area contributed by atoms with E-state index in [1.807, 2.05) is 30.4 Å². The number of aromatic nitrogens is 2. The van der Waals surface area contributed by atoms with Crippen molar-refractivity contribution >= 4 is 23.8 Å². The van der Waals surface area contributed by atoms with Gasteiger partial charge in [0, 0.05) is 6.20 Å². The van der Waals surface area contributed by atoms with E-state index in [9.17, 15) is 0 Å². The fourth-order valence-corrected chi connectivity index (χ4v) is 1.90. The average molecular weight is 277 g/mol. The lowest BCUT2D eigenvalue weighted by Crippen LogP contribution is -1.92. The predicted octanol–water partition coefficient (Wildman–Crippen LogP) is 3.32. The number of benzene rings is 1. The number of nitrogens with zero attached hydrogens (tertiary/aromatic N) is 2. The van der Waals surface area contributed by atoms with Crippen LogP contribution in [0.15, 0.2) is 30.7 Å². The molecule has 0 atom stereocenters. The van der Waals surface area contributed by atoms with Crippen molar-refractivity contribution in [2.24, 2.45) is 0 Å². The minimum Gasteiger partial charge on any atom is -0.493 e. The molecule has 19 heavy (non-hydrogen) atoms. The molecule has 1 heterocycles. The van der Waals surface area contributed by atoms with Gasteiger partial charge in [0.25, 0.3) is 0 Å². The Morgan fingerprint density at radius 2 is 1.95 bits per heavy atom. The smallest absolute Gasteiger partial charge is 0.179 e. The first-order valence-corrected chi connectivity index (χ1v) is 5.98. The summed E-state index contributed by atoms with van der Waals surface area (Å²) in [5.74, 6) is 1.13. The molecule has 98 valence electrons. The van der Waals surface area contributed by atoms with Crippen molar-refractivity contribution in [3.8, 4) is 11.5 Å². The van der Waals surface area contributed by atoms with Crippen molar-refractivity contribution in [1.29, 1.82) is 0 Å². The summed E-state index contributed by atoms with van der Waals surface area (Å²) in [5.41, 5.74) is 1.64. The Labute approximate surface area is 116 Å². The molecule has 0 spiro atoms. The summed E-state index contributed by atoms with van der Waals surface area (Å²) in [6.07, 6.45) is 6.90. The van der Waals surface area contributed by atoms with Crippen LogP contribution >= 0.6 is 11.6 Å². The molecule has 0 bridgehead atoms. The molecule has 0 unspecified atom stereocenters. The Morgan fingerprint density at radius 3 is 2.58 bits per heavy atom. The number of rotatable bonds is 4. The third-order valence-electron chi connectivity index (χ3n) is 2.55. The summed E-state index contributed by atoms with van der Waals surface area (Å²) < 4.78 is 10.4. The van der Waals surface area contributed by atoms with Gasteiger partial charge in [0.05, 0.1) is 24.9 Å². The van der Waals surface area contributed by atoms with Gasteiger partial charge in [-0.05, 0) is 29.8 Å². The van der Waals surface area contributed by atoms with Gasteiger partial charge in [0.2, 0.25) is 0 Å². The van der Waals surface area contributed by atoms with Crippen LogP contribution in [0.3, 0.4) is 0 Å². The highest BCUT2D eigenvalue weighted by atomic mass is 35.5. The van der Waals surface area contributed by atoms with E-state index >= 15 is 0 Å². The third kappa shape index (κ3) is 3.03. The Hall–Kier alpha value is -2.07. The molecule has 0 saturated heterocycles. The summed E-state index contributed by atoms with van der Waals surface area (Å²) in [6.45, 7) is 0. The molecule has 2 rings (SSSR count). The molecule has 0 aliphatic carbocycles. The first-order valence-electron chi connectivity index (χ1n) is 5.61. The van der Waals surface area contributed by atoms with Crippen molar-refractivity contribution in [2.45, 2.75) is 0 Å². The molecule has 0 radical (unpaired) electrons. The summed E-state index contributed by atoms with van der Waals surface area (Å²) in [4.78, 5) is 7.96. The van der Waals surface area contributed by atoms with E-state index in [0.29, 0.717) is 16.5 Å². The number of hydrogen-bond acceptors (Lipinski definition) is 4. The number of halogens is 1. The van der Waals surface area contributed by atoms with Gasteiger partial charge in [0.15, 0.2) is 11.5 Å². The van der Waals surface area contributed by atoms with Gasteiger partial charge in [0.1, 0.15) is 6.33 Å². The van der Waals surface area contributed by atoms with Crippen molar-refractivity contribution in [3.05, 3.63) is 47.0 Å². The summed E-state index contributed by atoms with van der Waals surface area (Å²) in [7, 11) is 3.13. The van der Waals surface area contributed by atoms with Gasteiger partial charge in [-0.2, -0.15) is 0 Å². The first kappa shape index (κ1) is 13.4. The summed E-state index contributed by atoms with van der Waals surface area (Å²) in [5, 5.41) is 0.507. The quantitative estimate of drug-likeness (QED) is 0.859. The second-order valence-electron chi connectivity index (χ2n) is 3.67. The van der Waals surface area contributed by atoms with Crippen molar-refractivity contribution in [3.63, 3.8) is 0 Å². The van der Waals surface area contributed by atoms with Gasteiger partial charge < -0.3 is 9.47 Å². The summed E-state index contributed by atoms with van der Waals surface area (Å²) in [6, 6.07) is 5.48. The van der Waals surface area contributed by atoms with Crippen molar-refractivity contribution in [2.75, 3.05) is 14.2 Å². The predicted molar refractivity (Wildman–Crippen MR) is 75.5 cm³/mol. The van der Waals surface area contributed by atoms with Gasteiger partial charge in [-0.1, -0.05) is 17.7 Å². The zero-order chi connectivity index (χ0) is 13.7. The van der Waals surface area contributed by atoms with Crippen LogP contribution in [0, 0.1) is 0 Å². The molecule has 1 aromatic heterocycles. The standard InChI is InChI=1S/C14H13ClN2O2/c1-18-12-6-4-10(13(15)14(12)19-2)3-5-11-7-8-16-9-17-11/h3-9H,1-2H3. The monoisotopic (exact) mass is 276 g/mol. The molecule has 4 nitrogen and oxygen atoms in total.